The van der Waals surface area contributed by atoms with Gasteiger partial charge < -0.3 is 10.1 Å². The maximum absolute atomic E-state index is 5.46. The van der Waals surface area contributed by atoms with E-state index in [4.69, 9.17) is 4.74 Å². The van der Waals surface area contributed by atoms with Gasteiger partial charge >= 0.3 is 0 Å². The van der Waals surface area contributed by atoms with Gasteiger partial charge in [-0.15, -0.1) is 0 Å². The van der Waals surface area contributed by atoms with Crippen LogP contribution in [0.5, 0.6) is 0 Å². The van der Waals surface area contributed by atoms with E-state index in [1.807, 2.05) is 17.9 Å². The summed E-state index contributed by atoms with van der Waals surface area (Å²) in [5.41, 5.74) is 2.74. The Morgan fingerprint density at radius 1 is 1.59 bits per heavy atom. The van der Waals surface area contributed by atoms with Crippen molar-refractivity contribution < 1.29 is 4.74 Å². The highest BCUT2D eigenvalue weighted by Gasteiger charge is 2.48. The molecule has 1 fully saturated rings. The van der Waals surface area contributed by atoms with Crippen molar-refractivity contribution in [2.75, 3.05) is 7.11 Å². The average Bonchev–Trinajstić information content (AvgIpc) is 2.59. The summed E-state index contributed by atoms with van der Waals surface area (Å²) in [4.78, 5) is 0. The molecule has 1 saturated carbocycles. The summed E-state index contributed by atoms with van der Waals surface area (Å²) in [7, 11) is 3.78. The Labute approximate surface area is 103 Å². The largest absolute Gasteiger partial charge is 0.381 e. The Morgan fingerprint density at radius 2 is 2.29 bits per heavy atom. The summed E-state index contributed by atoms with van der Waals surface area (Å²) in [6, 6.07) is 0.534. The van der Waals surface area contributed by atoms with Crippen molar-refractivity contribution >= 4 is 0 Å². The monoisotopic (exact) mass is 237 g/mol. The maximum Gasteiger partial charge on any atom is 0.0652 e. The van der Waals surface area contributed by atoms with Gasteiger partial charge in [0.15, 0.2) is 0 Å². The van der Waals surface area contributed by atoms with Gasteiger partial charge in [0.1, 0.15) is 0 Å². The molecular weight excluding hydrogens is 214 g/mol. The molecule has 2 unspecified atom stereocenters. The number of ether oxygens (including phenoxy) is 1. The summed E-state index contributed by atoms with van der Waals surface area (Å²) in [6.45, 7) is 7.52. The first-order chi connectivity index (χ1) is 7.96. The normalized spacial score (nSPS) is 26.9. The van der Waals surface area contributed by atoms with Crippen LogP contribution < -0.4 is 5.32 Å². The quantitative estimate of drug-likeness (QED) is 0.865. The van der Waals surface area contributed by atoms with Crippen LogP contribution in [0.3, 0.4) is 0 Å². The van der Waals surface area contributed by atoms with E-state index >= 15 is 0 Å². The van der Waals surface area contributed by atoms with Gasteiger partial charge in [0, 0.05) is 43.4 Å². The lowest BCUT2D eigenvalue weighted by Gasteiger charge is -2.51. The van der Waals surface area contributed by atoms with Gasteiger partial charge in [-0.25, -0.2) is 0 Å². The van der Waals surface area contributed by atoms with Crippen molar-refractivity contribution in [3.8, 4) is 0 Å². The standard InChI is InChI=1S/C13H23N3O/c1-9-10(8-15-16(9)4)7-14-11-6-12(17-5)13(11,2)3/h8,11-12,14H,6-7H2,1-5H3. The number of hydrogen-bond acceptors (Lipinski definition) is 3. The Bertz CT molecular complexity index is 397. The fourth-order valence-electron chi connectivity index (χ4n) is 2.58. The van der Waals surface area contributed by atoms with Crippen LogP contribution in [0.2, 0.25) is 0 Å². The smallest absolute Gasteiger partial charge is 0.0652 e. The second-order valence-corrected chi connectivity index (χ2v) is 5.59. The number of hydrogen-bond donors (Lipinski definition) is 1. The molecular formula is C13H23N3O. The number of methoxy groups -OCH3 is 1. The van der Waals surface area contributed by atoms with Crippen LogP contribution in [0.15, 0.2) is 6.20 Å². The van der Waals surface area contributed by atoms with Gasteiger partial charge in [-0.2, -0.15) is 5.10 Å². The fourth-order valence-corrected chi connectivity index (χ4v) is 2.58. The van der Waals surface area contributed by atoms with E-state index in [0.29, 0.717) is 12.1 Å². The molecule has 4 heteroatoms. The van der Waals surface area contributed by atoms with Gasteiger partial charge in [0.05, 0.1) is 12.3 Å². The zero-order valence-electron chi connectivity index (χ0n) is 11.4. The lowest BCUT2D eigenvalue weighted by molar-refractivity contribution is -0.0979. The second-order valence-electron chi connectivity index (χ2n) is 5.59. The minimum absolute atomic E-state index is 0.227. The highest BCUT2D eigenvalue weighted by atomic mass is 16.5. The molecule has 1 aliphatic rings. The molecule has 1 aromatic rings. The SMILES string of the molecule is COC1CC(NCc2cnn(C)c2C)C1(C)C. The molecule has 0 saturated heterocycles. The van der Waals surface area contributed by atoms with E-state index in [1.54, 1.807) is 7.11 Å². The van der Waals surface area contributed by atoms with Crippen LogP contribution in [0.1, 0.15) is 31.5 Å². The maximum atomic E-state index is 5.46. The third-order valence-electron chi connectivity index (χ3n) is 4.34. The number of aromatic nitrogens is 2. The predicted octanol–water partition coefficient (Wildman–Crippen LogP) is 1.63. The molecule has 2 atom stereocenters. The Balaban J connectivity index is 1.90. The van der Waals surface area contributed by atoms with Crippen LogP contribution in [0.4, 0.5) is 0 Å². The molecule has 2 rings (SSSR count). The van der Waals surface area contributed by atoms with E-state index in [1.165, 1.54) is 11.3 Å². The molecule has 4 nitrogen and oxygen atoms in total. The van der Waals surface area contributed by atoms with Crippen molar-refractivity contribution in [1.29, 1.82) is 0 Å². The van der Waals surface area contributed by atoms with E-state index in [2.05, 4.69) is 31.2 Å². The van der Waals surface area contributed by atoms with Crippen LogP contribution in [-0.4, -0.2) is 29.0 Å². The summed E-state index contributed by atoms with van der Waals surface area (Å²) in [5.74, 6) is 0. The minimum atomic E-state index is 0.227. The van der Waals surface area contributed by atoms with Crippen molar-refractivity contribution in [2.45, 2.75) is 45.9 Å². The Morgan fingerprint density at radius 3 is 2.76 bits per heavy atom. The summed E-state index contributed by atoms with van der Waals surface area (Å²) >= 11 is 0. The molecule has 0 amide bonds. The molecule has 1 aromatic heterocycles. The number of nitrogens with one attached hydrogen (secondary N) is 1. The zero-order chi connectivity index (χ0) is 12.6. The van der Waals surface area contributed by atoms with E-state index in [0.717, 1.165) is 13.0 Å². The first-order valence-corrected chi connectivity index (χ1v) is 6.20. The first-order valence-electron chi connectivity index (χ1n) is 6.20. The molecule has 0 radical (unpaired) electrons. The molecule has 1 N–H and O–H groups in total. The average molecular weight is 237 g/mol. The van der Waals surface area contributed by atoms with Gasteiger partial charge in [-0.05, 0) is 13.3 Å². The van der Waals surface area contributed by atoms with E-state index in [-0.39, 0.29) is 5.41 Å². The molecule has 96 valence electrons. The molecule has 0 aromatic carbocycles. The third-order valence-corrected chi connectivity index (χ3v) is 4.34. The van der Waals surface area contributed by atoms with Crippen LogP contribution >= 0.6 is 0 Å². The molecule has 0 spiro atoms. The number of rotatable bonds is 4. The third kappa shape index (κ3) is 2.11. The fraction of sp³-hybridized carbons (Fsp3) is 0.769. The van der Waals surface area contributed by atoms with Crippen molar-refractivity contribution in [3.63, 3.8) is 0 Å². The van der Waals surface area contributed by atoms with Crippen LogP contribution in [-0.2, 0) is 18.3 Å². The number of aryl methyl sites for hydroxylation is 1. The van der Waals surface area contributed by atoms with Crippen molar-refractivity contribution in [2.24, 2.45) is 12.5 Å². The van der Waals surface area contributed by atoms with Gasteiger partial charge in [0.2, 0.25) is 0 Å². The van der Waals surface area contributed by atoms with Crippen molar-refractivity contribution in [3.05, 3.63) is 17.5 Å². The summed E-state index contributed by atoms with van der Waals surface area (Å²) in [5, 5.41) is 7.87. The highest BCUT2D eigenvalue weighted by molar-refractivity contribution is 5.16. The lowest BCUT2D eigenvalue weighted by Crippen LogP contribution is -2.60. The molecule has 1 aliphatic carbocycles. The molecule has 0 bridgehead atoms. The summed E-state index contributed by atoms with van der Waals surface area (Å²) in [6.07, 6.45) is 3.43. The summed E-state index contributed by atoms with van der Waals surface area (Å²) < 4.78 is 7.37. The van der Waals surface area contributed by atoms with Crippen LogP contribution in [0.25, 0.3) is 0 Å². The minimum Gasteiger partial charge on any atom is -0.381 e. The van der Waals surface area contributed by atoms with E-state index < -0.39 is 0 Å². The highest BCUT2D eigenvalue weighted by Crippen LogP contribution is 2.42. The van der Waals surface area contributed by atoms with Gasteiger partial charge in [-0.3, -0.25) is 4.68 Å². The predicted molar refractivity (Wildman–Crippen MR) is 67.8 cm³/mol. The Kier molecular flexibility index (Phi) is 3.27. The lowest BCUT2D eigenvalue weighted by atomic mass is 9.64. The van der Waals surface area contributed by atoms with E-state index in [9.17, 15) is 0 Å². The Hall–Kier alpha value is -0.870. The topological polar surface area (TPSA) is 39.1 Å². The first kappa shape index (κ1) is 12.6. The molecule has 17 heavy (non-hydrogen) atoms. The van der Waals surface area contributed by atoms with Crippen LogP contribution in [0, 0.1) is 12.3 Å². The van der Waals surface area contributed by atoms with Crippen molar-refractivity contribution in [1.82, 2.24) is 15.1 Å². The van der Waals surface area contributed by atoms with Gasteiger partial charge in [-0.1, -0.05) is 13.8 Å². The zero-order valence-corrected chi connectivity index (χ0v) is 11.4. The second kappa shape index (κ2) is 4.42. The number of nitrogens with zero attached hydrogens (tertiary/aromatic N) is 2. The molecule has 1 heterocycles. The van der Waals surface area contributed by atoms with Gasteiger partial charge in [0.25, 0.3) is 0 Å². The molecule has 0 aliphatic heterocycles.